The Bertz CT molecular complexity index is 534. The van der Waals surface area contributed by atoms with Gasteiger partial charge in [0.05, 0.1) is 10.5 Å². The highest BCUT2D eigenvalue weighted by molar-refractivity contribution is 9.10. The molecule has 0 aliphatic carbocycles. The fourth-order valence-corrected chi connectivity index (χ4v) is 2.00. The molecule has 0 amide bonds. The monoisotopic (exact) mass is 299 g/mol. The third-order valence-electron chi connectivity index (χ3n) is 2.34. The number of aromatic nitrogens is 2. The molecule has 0 fully saturated rings. The first-order valence-electron chi connectivity index (χ1n) is 4.75. The average Bonchev–Trinajstić information content (AvgIpc) is 2.36. The van der Waals surface area contributed by atoms with E-state index in [1.807, 2.05) is 0 Å². The SMILES string of the molecule is NC(c1cncnc1)c1ccc(F)c(F)c1Br. The lowest BCUT2D eigenvalue weighted by atomic mass is 10.0. The summed E-state index contributed by atoms with van der Waals surface area (Å²) in [6, 6.07) is 1.86. The van der Waals surface area contributed by atoms with Crippen LogP contribution in [0, 0.1) is 11.6 Å². The molecule has 0 saturated carbocycles. The third kappa shape index (κ3) is 2.32. The molecule has 0 bridgehead atoms. The molecule has 0 aliphatic rings. The van der Waals surface area contributed by atoms with Crippen LogP contribution in [0.1, 0.15) is 17.2 Å². The molecule has 2 N–H and O–H groups in total. The standard InChI is InChI=1S/C11H8BrF2N3/c12-9-7(1-2-8(13)10(9)14)11(15)6-3-16-5-17-4-6/h1-5,11H,15H2. The van der Waals surface area contributed by atoms with Crippen molar-refractivity contribution in [2.24, 2.45) is 5.73 Å². The Morgan fingerprint density at radius 2 is 1.82 bits per heavy atom. The molecule has 6 heteroatoms. The second-order valence-corrected chi connectivity index (χ2v) is 4.21. The topological polar surface area (TPSA) is 51.8 Å². The van der Waals surface area contributed by atoms with Gasteiger partial charge in [-0.2, -0.15) is 0 Å². The van der Waals surface area contributed by atoms with Crippen LogP contribution in [-0.4, -0.2) is 9.97 Å². The first-order valence-corrected chi connectivity index (χ1v) is 5.54. The van der Waals surface area contributed by atoms with E-state index in [-0.39, 0.29) is 4.47 Å². The number of halogens is 3. The molecule has 88 valence electrons. The summed E-state index contributed by atoms with van der Waals surface area (Å²) in [5.41, 5.74) is 7.00. The average molecular weight is 300 g/mol. The van der Waals surface area contributed by atoms with Crippen LogP contribution in [0.2, 0.25) is 0 Å². The van der Waals surface area contributed by atoms with E-state index in [9.17, 15) is 8.78 Å². The van der Waals surface area contributed by atoms with Crippen LogP contribution in [0.5, 0.6) is 0 Å². The molecule has 0 aliphatic heterocycles. The van der Waals surface area contributed by atoms with E-state index in [2.05, 4.69) is 25.9 Å². The van der Waals surface area contributed by atoms with Crippen LogP contribution in [0.25, 0.3) is 0 Å². The summed E-state index contributed by atoms with van der Waals surface area (Å²) in [6.07, 6.45) is 4.44. The number of nitrogens with zero attached hydrogens (tertiary/aromatic N) is 2. The highest BCUT2D eigenvalue weighted by atomic mass is 79.9. The van der Waals surface area contributed by atoms with Crippen LogP contribution in [-0.2, 0) is 0 Å². The van der Waals surface area contributed by atoms with Gasteiger partial charge in [-0.05, 0) is 27.6 Å². The van der Waals surface area contributed by atoms with Gasteiger partial charge in [-0.25, -0.2) is 18.7 Å². The summed E-state index contributed by atoms with van der Waals surface area (Å²) < 4.78 is 26.3. The normalized spacial score (nSPS) is 12.5. The van der Waals surface area contributed by atoms with Gasteiger partial charge < -0.3 is 5.73 Å². The van der Waals surface area contributed by atoms with Crippen molar-refractivity contribution in [3.63, 3.8) is 0 Å². The summed E-state index contributed by atoms with van der Waals surface area (Å²) in [5, 5.41) is 0. The quantitative estimate of drug-likeness (QED) is 0.867. The molecule has 17 heavy (non-hydrogen) atoms. The van der Waals surface area contributed by atoms with Gasteiger partial charge in [0.1, 0.15) is 6.33 Å². The Morgan fingerprint density at radius 3 is 2.47 bits per heavy atom. The highest BCUT2D eigenvalue weighted by Crippen LogP contribution is 2.29. The van der Waals surface area contributed by atoms with Crippen molar-refractivity contribution in [1.82, 2.24) is 9.97 Å². The van der Waals surface area contributed by atoms with Crippen LogP contribution in [0.3, 0.4) is 0 Å². The molecule has 3 nitrogen and oxygen atoms in total. The van der Waals surface area contributed by atoms with E-state index < -0.39 is 17.7 Å². The van der Waals surface area contributed by atoms with Gasteiger partial charge in [0.15, 0.2) is 11.6 Å². The molecule has 1 heterocycles. The van der Waals surface area contributed by atoms with Gasteiger partial charge in [0.25, 0.3) is 0 Å². The largest absolute Gasteiger partial charge is 0.320 e. The van der Waals surface area contributed by atoms with E-state index >= 15 is 0 Å². The third-order valence-corrected chi connectivity index (χ3v) is 3.15. The molecule has 1 atom stereocenters. The summed E-state index contributed by atoms with van der Waals surface area (Å²) in [7, 11) is 0. The lowest BCUT2D eigenvalue weighted by molar-refractivity contribution is 0.501. The van der Waals surface area contributed by atoms with Crippen molar-refractivity contribution in [1.29, 1.82) is 0 Å². The maximum absolute atomic E-state index is 13.4. The molecule has 2 aromatic rings. The summed E-state index contributed by atoms with van der Waals surface area (Å²) in [6.45, 7) is 0. The molecule has 0 saturated heterocycles. The number of rotatable bonds is 2. The Kier molecular flexibility index (Phi) is 3.44. The molecule has 1 unspecified atom stereocenters. The van der Waals surface area contributed by atoms with Gasteiger partial charge >= 0.3 is 0 Å². The number of hydrogen-bond donors (Lipinski definition) is 1. The Morgan fingerprint density at radius 1 is 1.18 bits per heavy atom. The van der Waals surface area contributed by atoms with Crippen molar-refractivity contribution in [2.75, 3.05) is 0 Å². The summed E-state index contributed by atoms with van der Waals surface area (Å²) in [5.74, 6) is -1.87. The van der Waals surface area contributed by atoms with Crippen molar-refractivity contribution < 1.29 is 8.78 Å². The van der Waals surface area contributed by atoms with Gasteiger partial charge in [-0.3, -0.25) is 0 Å². The predicted octanol–water partition coefficient (Wildman–Crippen LogP) is 2.57. The Hall–Kier alpha value is -1.40. The zero-order valence-electron chi connectivity index (χ0n) is 8.57. The zero-order valence-corrected chi connectivity index (χ0v) is 10.2. The van der Waals surface area contributed by atoms with Crippen LogP contribution < -0.4 is 5.73 Å². The molecule has 0 radical (unpaired) electrons. The summed E-state index contributed by atoms with van der Waals surface area (Å²) in [4.78, 5) is 7.65. The molecule has 1 aromatic heterocycles. The number of benzene rings is 1. The highest BCUT2D eigenvalue weighted by Gasteiger charge is 2.17. The first-order chi connectivity index (χ1) is 8.11. The second kappa shape index (κ2) is 4.85. The Labute approximate surface area is 105 Å². The van der Waals surface area contributed by atoms with Gasteiger partial charge in [0, 0.05) is 18.0 Å². The van der Waals surface area contributed by atoms with Crippen LogP contribution >= 0.6 is 15.9 Å². The fourth-order valence-electron chi connectivity index (χ4n) is 1.43. The van der Waals surface area contributed by atoms with E-state index in [4.69, 9.17) is 5.73 Å². The molecule has 2 rings (SSSR count). The van der Waals surface area contributed by atoms with Crippen molar-refractivity contribution >= 4 is 15.9 Å². The first kappa shape index (κ1) is 12.1. The molecule has 0 spiro atoms. The molecular weight excluding hydrogens is 292 g/mol. The summed E-state index contributed by atoms with van der Waals surface area (Å²) >= 11 is 2.99. The van der Waals surface area contributed by atoms with Gasteiger partial charge in [-0.1, -0.05) is 6.07 Å². The second-order valence-electron chi connectivity index (χ2n) is 3.41. The minimum atomic E-state index is -0.949. The predicted molar refractivity (Wildman–Crippen MR) is 62.1 cm³/mol. The minimum Gasteiger partial charge on any atom is -0.320 e. The van der Waals surface area contributed by atoms with E-state index in [0.717, 1.165) is 6.07 Å². The van der Waals surface area contributed by atoms with Gasteiger partial charge in [0.2, 0.25) is 0 Å². The lowest BCUT2D eigenvalue weighted by Crippen LogP contribution is -2.14. The van der Waals surface area contributed by atoms with E-state index in [1.165, 1.54) is 24.8 Å². The van der Waals surface area contributed by atoms with Gasteiger partial charge in [-0.15, -0.1) is 0 Å². The van der Waals surface area contributed by atoms with Crippen molar-refractivity contribution in [2.45, 2.75) is 6.04 Å². The number of nitrogens with two attached hydrogens (primary N) is 1. The Balaban J connectivity index is 2.45. The van der Waals surface area contributed by atoms with Crippen molar-refractivity contribution in [3.05, 3.63) is 58.1 Å². The maximum Gasteiger partial charge on any atom is 0.173 e. The zero-order chi connectivity index (χ0) is 12.4. The van der Waals surface area contributed by atoms with Crippen LogP contribution in [0.4, 0.5) is 8.78 Å². The fraction of sp³-hybridized carbons (Fsp3) is 0.0909. The lowest BCUT2D eigenvalue weighted by Gasteiger charge is -2.14. The molecular formula is C11H8BrF2N3. The van der Waals surface area contributed by atoms with Crippen molar-refractivity contribution in [3.8, 4) is 0 Å². The van der Waals surface area contributed by atoms with E-state index in [1.54, 1.807) is 0 Å². The minimum absolute atomic E-state index is 0.0221. The number of hydrogen-bond acceptors (Lipinski definition) is 3. The van der Waals surface area contributed by atoms with E-state index in [0.29, 0.717) is 11.1 Å². The maximum atomic E-state index is 13.4. The van der Waals surface area contributed by atoms with Crippen LogP contribution in [0.15, 0.2) is 35.3 Å². The molecule has 1 aromatic carbocycles. The smallest absolute Gasteiger partial charge is 0.173 e.